The van der Waals surface area contributed by atoms with Crippen molar-refractivity contribution in [2.24, 2.45) is 0 Å². The van der Waals surface area contributed by atoms with Crippen LogP contribution in [0.2, 0.25) is 0 Å². The van der Waals surface area contributed by atoms with Crippen LogP contribution in [0, 0.1) is 0 Å². The largest absolute Gasteiger partial charge is 0.481 e. The molecule has 0 aromatic heterocycles. The van der Waals surface area contributed by atoms with Gasteiger partial charge in [-0.1, -0.05) is 25.1 Å². The molecule has 1 unspecified atom stereocenters. The van der Waals surface area contributed by atoms with Crippen molar-refractivity contribution in [2.75, 3.05) is 0 Å². The maximum atomic E-state index is 10.7. The molecule has 0 heterocycles. The van der Waals surface area contributed by atoms with Gasteiger partial charge in [-0.25, -0.2) is 4.79 Å². The lowest BCUT2D eigenvalue weighted by molar-refractivity contribution is -0.147. The minimum atomic E-state index is -1.57. The van der Waals surface area contributed by atoms with Crippen LogP contribution in [-0.2, 0) is 22.4 Å². The van der Waals surface area contributed by atoms with Gasteiger partial charge in [-0.2, -0.15) is 0 Å². The van der Waals surface area contributed by atoms with E-state index < -0.39 is 18.0 Å². The van der Waals surface area contributed by atoms with E-state index in [0.717, 1.165) is 17.5 Å². The molecule has 5 nitrogen and oxygen atoms in total. The van der Waals surface area contributed by atoms with E-state index in [2.05, 4.69) is 0 Å². The summed E-state index contributed by atoms with van der Waals surface area (Å²) in [4.78, 5) is 21.2. The molecule has 0 fully saturated rings. The van der Waals surface area contributed by atoms with Gasteiger partial charge in [0.2, 0.25) is 0 Å². The summed E-state index contributed by atoms with van der Waals surface area (Å²) in [5, 5.41) is 26.8. The molecule has 0 amide bonds. The van der Waals surface area contributed by atoms with Gasteiger partial charge in [0, 0.05) is 6.42 Å². The lowest BCUT2D eigenvalue weighted by Gasteiger charge is -2.11. The first-order valence-corrected chi connectivity index (χ1v) is 5.70. The fourth-order valence-corrected chi connectivity index (χ4v) is 1.78. The summed E-state index contributed by atoms with van der Waals surface area (Å²) in [5.41, 5.74) is 2.02. The molecular weight excluding hydrogens is 236 g/mol. The number of aryl methyl sites for hydroxylation is 2. The second-order valence-electron chi connectivity index (χ2n) is 4.02. The molecule has 0 aliphatic carbocycles. The number of carboxylic acids is 2. The first-order chi connectivity index (χ1) is 8.45. The highest BCUT2D eigenvalue weighted by Crippen LogP contribution is 2.20. The fourth-order valence-electron chi connectivity index (χ4n) is 1.78. The maximum absolute atomic E-state index is 10.7. The highest BCUT2D eigenvalue weighted by molar-refractivity contribution is 5.74. The Morgan fingerprint density at radius 3 is 2.39 bits per heavy atom. The van der Waals surface area contributed by atoms with Gasteiger partial charge in [0.15, 0.2) is 6.10 Å². The Morgan fingerprint density at radius 1 is 1.22 bits per heavy atom. The molecule has 18 heavy (non-hydrogen) atoms. The Bertz CT molecular complexity index is 453. The highest BCUT2D eigenvalue weighted by atomic mass is 16.4. The average molecular weight is 252 g/mol. The third-order valence-corrected chi connectivity index (χ3v) is 2.77. The van der Waals surface area contributed by atoms with Gasteiger partial charge in [0.25, 0.3) is 0 Å². The molecule has 0 radical (unpaired) electrons. The number of aliphatic hydroxyl groups is 1. The van der Waals surface area contributed by atoms with Crippen LogP contribution in [-0.4, -0.2) is 27.3 Å². The van der Waals surface area contributed by atoms with Gasteiger partial charge >= 0.3 is 11.9 Å². The summed E-state index contributed by atoms with van der Waals surface area (Å²) in [6.07, 6.45) is -0.518. The molecule has 1 atom stereocenters. The normalized spacial score (nSPS) is 12.1. The minimum Gasteiger partial charge on any atom is -0.481 e. The molecule has 0 aliphatic rings. The number of aliphatic hydroxyl groups excluding tert-OH is 1. The van der Waals surface area contributed by atoms with Gasteiger partial charge in [-0.15, -0.1) is 0 Å². The molecule has 0 spiro atoms. The number of hydrogen-bond acceptors (Lipinski definition) is 3. The maximum Gasteiger partial charge on any atom is 0.337 e. The fraction of sp³-hybridized carbons (Fsp3) is 0.385. The van der Waals surface area contributed by atoms with Crippen LogP contribution in [0.1, 0.15) is 36.1 Å². The molecule has 0 aliphatic heterocycles. The van der Waals surface area contributed by atoms with Gasteiger partial charge < -0.3 is 15.3 Å². The quantitative estimate of drug-likeness (QED) is 0.711. The zero-order chi connectivity index (χ0) is 13.7. The Labute approximate surface area is 105 Å². The third kappa shape index (κ3) is 3.56. The summed E-state index contributed by atoms with van der Waals surface area (Å²) in [6, 6.07) is 4.86. The van der Waals surface area contributed by atoms with Crippen LogP contribution in [0.4, 0.5) is 0 Å². The van der Waals surface area contributed by atoms with E-state index in [1.807, 2.05) is 6.92 Å². The van der Waals surface area contributed by atoms with Gasteiger partial charge in [0.05, 0.1) is 0 Å². The molecular formula is C13H16O5. The monoisotopic (exact) mass is 252 g/mol. The average Bonchev–Trinajstić information content (AvgIpc) is 2.34. The first kappa shape index (κ1) is 14.2. The van der Waals surface area contributed by atoms with Crippen molar-refractivity contribution in [3.05, 3.63) is 34.9 Å². The predicted molar refractivity (Wildman–Crippen MR) is 64.4 cm³/mol. The van der Waals surface area contributed by atoms with Crippen LogP contribution in [0.25, 0.3) is 0 Å². The Kier molecular flexibility index (Phi) is 4.85. The molecule has 1 aromatic rings. The Hall–Kier alpha value is -1.88. The lowest BCUT2D eigenvalue weighted by Crippen LogP contribution is -2.11. The lowest BCUT2D eigenvalue weighted by atomic mass is 9.96. The summed E-state index contributed by atoms with van der Waals surface area (Å²) < 4.78 is 0. The number of aliphatic carboxylic acids is 2. The molecule has 5 heteroatoms. The second-order valence-corrected chi connectivity index (χ2v) is 4.02. The van der Waals surface area contributed by atoms with Crippen molar-refractivity contribution in [3.8, 4) is 0 Å². The molecule has 0 bridgehead atoms. The van der Waals surface area contributed by atoms with Crippen LogP contribution in [0.3, 0.4) is 0 Å². The van der Waals surface area contributed by atoms with Crippen molar-refractivity contribution in [2.45, 2.75) is 32.3 Å². The van der Waals surface area contributed by atoms with Crippen LogP contribution >= 0.6 is 0 Å². The van der Waals surface area contributed by atoms with Crippen molar-refractivity contribution >= 4 is 11.9 Å². The van der Waals surface area contributed by atoms with E-state index in [1.54, 1.807) is 18.2 Å². The van der Waals surface area contributed by atoms with Crippen LogP contribution in [0.5, 0.6) is 0 Å². The highest BCUT2D eigenvalue weighted by Gasteiger charge is 2.17. The van der Waals surface area contributed by atoms with E-state index >= 15 is 0 Å². The SMILES string of the molecule is CCc1ccc(C(O)C(=O)O)cc1CCC(=O)O. The summed E-state index contributed by atoms with van der Waals surface area (Å²) in [7, 11) is 0. The Balaban J connectivity index is 3.01. The van der Waals surface area contributed by atoms with E-state index in [4.69, 9.17) is 10.2 Å². The first-order valence-electron chi connectivity index (χ1n) is 5.70. The van der Waals surface area contributed by atoms with Gasteiger partial charge in [0.1, 0.15) is 0 Å². The van der Waals surface area contributed by atoms with Crippen LogP contribution < -0.4 is 0 Å². The summed E-state index contributed by atoms with van der Waals surface area (Å²) in [5.74, 6) is -2.22. The number of hydrogen-bond donors (Lipinski definition) is 3. The molecule has 3 N–H and O–H groups in total. The minimum absolute atomic E-state index is 0.0143. The van der Waals surface area contributed by atoms with Crippen molar-refractivity contribution in [1.82, 2.24) is 0 Å². The number of carboxylic acid groups (broad SMARTS) is 2. The van der Waals surface area contributed by atoms with E-state index in [9.17, 15) is 14.7 Å². The van der Waals surface area contributed by atoms with Gasteiger partial charge in [-0.3, -0.25) is 4.79 Å². The second kappa shape index (κ2) is 6.16. The van der Waals surface area contributed by atoms with Crippen LogP contribution in [0.15, 0.2) is 18.2 Å². The summed E-state index contributed by atoms with van der Waals surface area (Å²) in [6.45, 7) is 1.94. The zero-order valence-electron chi connectivity index (χ0n) is 10.1. The molecule has 1 aromatic carbocycles. The molecule has 1 rings (SSSR count). The number of carbonyl (C=O) groups is 2. The van der Waals surface area contributed by atoms with Gasteiger partial charge in [-0.05, 0) is 29.5 Å². The van der Waals surface area contributed by atoms with Crippen molar-refractivity contribution in [1.29, 1.82) is 0 Å². The molecule has 0 saturated heterocycles. The topological polar surface area (TPSA) is 94.8 Å². The van der Waals surface area contributed by atoms with E-state index in [0.29, 0.717) is 6.42 Å². The van der Waals surface area contributed by atoms with Crippen molar-refractivity contribution in [3.63, 3.8) is 0 Å². The zero-order valence-corrected chi connectivity index (χ0v) is 10.1. The standard InChI is InChI=1S/C13H16O5/c1-2-8-3-4-10(12(16)13(17)18)7-9(8)5-6-11(14)15/h3-4,7,12,16H,2,5-6H2,1H3,(H,14,15)(H,17,18). The number of benzene rings is 1. The van der Waals surface area contributed by atoms with Crippen molar-refractivity contribution < 1.29 is 24.9 Å². The molecule has 0 saturated carbocycles. The van der Waals surface area contributed by atoms with E-state index in [-0.39, 0.29) is 12.0 Å². The molecule has 98 valence electrons. The third-order valence-electron chi connectivity index (χ3n) is 2.77. The Morgan fingerprint density at radius 2 is 1.89 bits per heavy atom. The predicted octanol–water partition coefficient (Wildman–Crippen LogP) is 1.38. The van der Waals surface area contributed by atoms with E-state index in [1.165, 1.54) is 0 Å². The smallest absolute Gasteiger partial charge is 0.337 e. The number of rotatable bonds is 6. The summed E-state index contributed by atoms with van der Waals surface area (Å²) >= 11 is 0.